The highest BCUT2D eigenvalue weighted by atomic mass is 35.5. The van der Waals surface area contributed by atoms with Gasteiger partial charge < -0.3 is 14.8 Å². The van der Waals surface area contributed by atoms with E-state index in [1.807, 2.05) is 30.3 Å². The van der Waals surface area contributed by atoms with Gasteiger partial charge in [-0.05, 0) is 61.1 Å². The molecule has 3 rings (SSSR count). The highest BCUT2D eigenvalue weighted by Crippen LogP contribution is 2.25. The predicted octanol–water partition coefficient (Wildman–Crippen LogP) is 4.80. The molecule has 0 radical (unpaired) electrons. The minimum atomic E-state index is 0.0939. The van der Waals surface area contributed by atoms with Gasteiger partial charge in [0.2, 0.25) is 5.91 Å². The van der Waals surface area contributed by atoms with E-state index in [4.69, 9.17) is 21.1 Å². The van der Waals surface area contributed by atoms with Gasteiger partial charge in [-0.25, -0.2) is 0 Å². The van der Waals surface area contributed by atoms with Crippen LogP contribution in [0.2, 0.25) is 5.02 Å². The van der Waals surface area contributed by atoms with Gasteiger partial charge >= 0.3 is 0 Å². The van der Waals surface area contributed by atoms with Gasteiger partial charge in [0.1, 0.15) is 5.75 Å². The van der Waals surface area contributed by atoms with Crippen molar-refractivity contribution in [1.82, 2.24) is 10.2 Å². The van der Waals surface area contributed by atoms with Crippen LogP contribution in [0.15, 0.2) is 42.5 Å². The molecule has 0 bridgehead atoms. The first-order chi connectivity index (χ1) is 15.1. The van der Waals surface area contributed by atoms with Crippen LogP contribution in [0.1, 0.15) is 42.4 Å². The number of carbonyl (C=O) groups excluding carboxylic acids is 1. The first-order valence-corrected chi connectivity index (χ1v) is 11.3. The summed E-state index contributed by atoms with van der Waals surface area (Å²) in [6.45, 7) is 4.07. The van der Waals surface area contributed by atoms with Crippen molar-refractivity contribution in [1.29, 1.82) is 0 Å². The van der Waals surface area contributed by atoms with Crippen LogP contribution in [-0.4, -0.2) is 38.1 Å². The van der Waals surface area contributed by atoms with E-state index in [-0.39, 0.29) is 5.91 Å². The molecule has 5 nitrogen and oxygen atoms in total. The Hall–Kier alpha value is -2.08. The van der Waals surface area contributed by atoms with Crippen molar-refractivity contribution in [3.8, 4) is 5.75 Å². The van der Waals surface area contributed by atoms with Gasteiger partial charge in [-0.15, -0.1) is 0 Å². The summed E-state index contributed by atoms with van der Waals surface area (Å²) >= 11 is 6.16. The van der Waals surface area contributed by atoms with Gasteiger partial charge in [0.05, 0.1) is 13.7 Å². The van der Waals surface area contributed by atoms with Crippen LogP contribution in [0.3, 0.4) is 0 Å². The summed E-state index contributed by atoms with van der Waals surface area (Å²) in [5.41, 5.74) is 3.30. The van der Waals surface area contributed by atoms with Crippen molar-refractivity contribution >= 4 is 17.5 Å². The molecule has 1 amide bonds. The number of hydrogen-bond acceptors (Lipinski definition) is 4. The number of rotatable bonds is 10. The summed E-state index contributed by atoms with van der Waals surface area (Å²) < 4.78 is 10.7. The van der Waals surface area contributed by atoms with E-state index in [1.165, 1.54) is 18.4 Å². The molecular weight excluding hydrogens is 412 g/mol. The molecule has 1 N–H and O–H groups in total. The van der Waals surface area contributed by atoms with Gasteiger partial charge in [0.15, 0.2) is 0 Å². The van der Waals surface area contributed by atoms with Crippen LogP contribution in [0.5, 0.6) is 5.75 Å². The molecule has 2 aromatic rings. The summed E-state index contributed by atoms with van der Waals surface area (Å²) in [5.74, 6) is 1.51. The highest BCUT2D eigenvalue weighted by molar-refractivity contribution is 6.31. The van der Waals surface area contributed by atoms with Crippen LogP contribution in [0.25, 0.3) is 0 Å². The molecular formula is C25H33ClN2O3. The molecule has 1 fully saturated rings. The zero-order valence-corrected chi connectivity index (χ0v) is 19.3. The molecule has 0 aliphatic carbocycles. The zero-order valence-electron chi connectivity index (χ0n) is 18.5. The Morgan fingerprint density at radius 3 is 2.81 bits per heavy atom. The van der Waals surface area contributed by atoms with Crippen LogP contribution in [0, 0.1) is 5.92 Å². The number of methoxy groups -OCH3 is 2. The van der Waals surface area contributed by atoms with E-state index in [2.05, 4.69) is 22.3 Å². The van der Waals surface area contributed by atoms with E-state index >= 15 is 0 Å². The Kier molecular flexibility index (Phi) is 9.19. The number of ether oxygens (including phenoxy) is 2. The molecule has 1 aliphatic rings. The fourth-order valence-corrected chi connectivity index (χ4v) is 4.45. The number of benzene rings is 2. The highest BCUT2D eigenvalue weighted by Gasteiger charge is 2.21. The van der Waals surface area contributed by atoms with E-state index in [0.29, 0.717) is 30.5 Å². The number of nitrogens with zero attached hydrogens (tertiary/aromatic N) is 1. The van der Waals surface area contributed by atoms with Crippen molar-refractivity contribution in [3.05, 3.63) is 64.2 Å². The molecule has 31 heavy (non-hydrogen) atoms. The fourth-order valence-electron chi connectivity index (χ4n) is 4.25. The minimum absolute atomic E-state index is 0.0939. The molecule has 1 atom stereocenters. The molecule has 168 valence electrons. The van der Waals surface area contributed by atoms with Gasteiger partial charge in [-0.2, -0.15) is 0 Å². The van der Waals surface area contributed by atoms with Crippen LogP contribution in [-0.2, 0) is 29.2 Å². The van der Waals surface area contributed by atoms with Crippen LogP contribution in [0.4, 0.5) is 0 Å². The van der Waals surface area contributed by atoms with Crippen LogP contribution >= 0.6 is 11.6 Å². The fraction of sp³-hybridized carbons (Fsp3) is 0.480. The average molecular weight is 445 g/mol. The number of piperidine rings is 1. The molecule has 6 heteroatoms. The maximum atomic E-state index is 12.3. The van der Waals surface area contributed by atoms with Gasteiger partial charge in [0.25, 0.3) is 0 Å². The summed E-state index contributed by atoms with van der Waals surface area (Å²) in [6.07, 6.45) is 3.84. The minimum Gasteiger partial charge on any atom is -0.496 e. The van der Waals surface area contributed by atoms with Gasteiger partial charge in [-0.3, -0.25) is 9.69 Å². The molecule has 2 aromatic carbocycles. The number of nitrogens with one attached hydrogen (secondary N) is 1. The maximum Gasteiger partial charge on any atom is 0.220 e. The number of likely N-dealkylation sites (tertiary alicyclic amines) is 1. The Morgan fingerprint density at radius 2 is 2.03 bits per heavy atom. The first kappa shape index (κ1) is 23.6. The first-order valence-electron chi connectivity index (χ1n) is 11.0. The van der Waals surface area contributed by atoms with Gasteiger partial charge in [0, 0.05) is 43.8 Å². The Balaban J connectivity index is 1.45. The number of carbonyl (C=O) groups is 1. The smallest absolute Gasteiger partial charge is 0.220 e. The monoisotopic (exact) mass is 444 g/mol. The lowest BCUT2D eigenvalue weighted by Crippen LogP contribution is -2.35. The second kappa shape index (κ2) is 12.1. The summed E-state index contributed by atoms with van der Waals surface area (Å²) in [7, 11) is 3.39. The SMILES string of the molecule is COCc1cc(CN2CCC[C@H](CCC(=O)NCc3ccccc3Cl)C2)ccc1OC. The van der Waals surface area contributed by atoms with E-state index in [9.17, 15) is 4.79 Å². The quantitative estimate of drug-likeness (QED) is 0.571. The van der Waals surface area contributed by atoms with Crippen LogP contribution < -0.4 is 10.1 Å². The molecule has 0 aromatic heterocycles. The average Bonchev–Trinajstić information content (AvgIpc) is 2.78. The lowest BCUT2D eigenvalue weighted by Gasteiger charge is -2.33. The molecule has 0 spiro atoms. The lowest BCUT2D eigenvalue weighted by molar-refractivity contribution is -0.121. The normalized spacial score (nSPS) is 16.8. The standard InChI is InChI=1S/C25H33ClN2O3/c1-30-18-22-14-20(9-11-24(22)31-2)17-28-13-5-6-19(16-28)10-12-25(29)27-15-21-7-3-4-8-23(21)26/h3-4,7-9,11,14,19H,5-6,10,12-13,15-18H2,1-2H3,(H,27,29)/t19-/m1/s1. The van der Waals surface area contributed by atoms with Crippen molar-refractivity contribution < 1.29 is 14.3 Å². The maximum absolute atomic E-state index is 12.3. The number of amides is 1. The summed E-state index contributed by atoms with van der Waals surface area (Å²) in [6, 6.07) is 13.9. The predicted molar refractivity (Wildman–Crippen MR) is 124 cm³/mol. The Labute approximate surface area is 190 Å². The topological polar surface area (TPSA) is 50.8 Å². The zero-order chi connectivity index (χ0) is 22.1. The third-order valence-electron chi connectivity index (χ3n) is 5.87. The molecule has 1 heterocycles. The van der Waals surface area contributed by atoms with Crippen molar-refractivity contribution in [2.45, 2.75) is 45.4 Å². The second-order valence-electron chi connectivity index (χ2n) is 8.23. The van der Waals surface area contributed by atoms with Crippen molar-refractivity contribution in [2.75, 3.05) is 27.3 Å². The Morgan fingerprint density at radius 1 is 1.19 bits per heavy atom. The van der Waals surface area contributed by atoms with E-state index in [1.54, 1.807) is 14.2 Å². The third-order valence-corrected chi connectivity index (χ3v) is 6.24. The molecule has 1 aliphatic heterocycles. The lowest BCUT2D eigenvalue weighted by atomic mass is 9.93. The van der Waals surface area contributed by atoms with E-state index < -0.39 is 0 Å². The molecule has 0 saturated carbocycles. The number of halogens is 1. The van der Waals surface area contributed by atoms with Crippen molar-refractivity contribution in [3.63, 3.8) is 0 Å². The third kappa shape index (κ3) is 7.23. The summed E-state index contributed by atoms with van der Waals surface area (Å²) in [4.78, 5) is 14.8. The second-order valence-corrected chi connectivity index (χ2v) is 8.64. The summed E-state index contributed by atoms with van der Waals surface area (Å²) in [5, 5.41) is 3.69. The van der Waals surface area contributed by atoms with E-state index in [0.717, 1.165) is 42.9 Å². The Bertz CT molecular complexity index is 858. The van der Waals surface area contributed by atoms with Crippen molar-refractivity contribution in [2.24, 2.45) is 5.92 Å². The molecule has 0 unspecified atom stereocenters. The van der Waals surface area contributed by atoms with Gasteiger partial charge in [-0.1, -0.05) is 35.9 Å². The molecule has 1 saturated heterocycles. The number of hydrogen-bond donors (Lipinski definition) is 1. The largest absolute Gasteiger partial charge is 0.496 e.